The van der Waals surface area contributed by atoms with Gasteiger partial charge in [0.25, 0.3) is 0 Å². The van der Waals surface area contributed by atoms with Crippen LogP contribution in [0.4, 0.5) is 5.82 Å². The number of amides is 1. The summed E-state index contributed by atoms with van der Waals surface area (Å²) in [7, 11) is 0. The van der Waals surface area contributed by atoms with Gasteiger partial charge in [-0.2, -0.15) is 0 Å². The van der Waals surface area contributed by atoms with Crippen molar-refractivity contribution in [1.82, 2.24) is 25.3 Å². The van der Waals surface area contributed by atoms with Crippen LogP contribution in [0.15, 0.2) is 30.6 Å². The maximum Gasteiger partial charge on any atom is 0.217 e. The van der Waals surface area contributed by atoms with Gasteiger partial charge in [0, 0.05) is 30.6 Å². The average molecular weight is 350 g/mol. The Hall–Kier alpha value is -2.96. The number of aromatic nitrogens is 4. The van der Waals surface area contributed by atoms with Crippen molar-refractivity contribution < 1.29 is 4.79 Å². The minimum absolute atomic E-state index is 0.0274. The van der Waals surface area contributed by atoms with Crippen LogP contribution in [-0.4, -0.2) is 31.9 Å². The lowest BCUT2D eigenvalue weighted by atomic mass is 9.78. The first-order valence-corrected chi connectivity index (χ1v) is 8.85. The number of nitrogens with one attached hydrogen (secondary N) is 3. The van der Waals surface area contributed by atoms with E-state index in [1.807, 2.05) is 18.2 Å². The van der Waals surface area contributed by atoms with Crippen LogP contribution in [0.1, 0.15) is 42.8 Å². The topological polar surface area (TPSA) is 95.6 Å². The van der Waals surface area contributed by atoms with Crippen molar-refractivity contribution in [2.24, 2.45) is 0 Å². The Morgan fingerprint density at radius 3 is 2.92 bits per heavy atom. The Kier molecular flexibility index (Phi) is 4.28. The monoisotopic (exact) mass is 350 g/mol. The van der Waals surface area contributed by atoms with Crippen LogP contribution in [0, 0.1) is 6.92 Å². The summed E-state index contributed by atoms with van der Waals surface area (Å²) < 4.78 is 0. The fourth-order valence-corrected chi connectivity index (χ4v) is 3.44. The zero-order chi connectivity index (χ0) is 18.1. The number of carbonyl (C=O) groups excluding carboxylic acids is 1. The number of hydrogen-bond acceptors (Lipinski definition) is 5. The zero-order valence-corrected chi connectivity index (χ0v) is 14.9. The fraction of sp³-hybridized carbons (Fsp3) is 0.368. The first-order chi connectivity index (χ1) is 12.6. The van der Waals surface area contributed by atoms with Gasteiger partial charge in [-0.15, -0.1) is 0 Å². The molecule has 7 nitrogen and oxygen atoms in total. The van der Waals surface area contributed by atoms with Gasteiger partial charge >= 0.3 is 0 Å². The number of carbonyl (C=O) groups is 1. The quantitative estimate of drug-likeness (QED) is 0.657. The summed E-state index contributed by atoms with van der Waals surface area (Å²) in [5.74, 6) is 2.07. The molecule has 0 unspecified atom stereocenters. The Morgan fingerprint density at radius 1 is 1.31 bits per heavy atom. The molecule has 1 aliphatic rings. The molecule has 1 fully saturated rings. The number of anilines is 1. The highest BCUT2D eigenvalue weighted by Crippen LogP contribution is 2.36. The Labute approximate surface area is 151 Å². The molecule has 0 aliphatic heterocycles. The highest BCUT2D eigenvalue weighted by Gasteiger charge is 2.31. The van der Waals surface area contributed by atoms with E-state index in [1.54, 1.807) is 13.3 Å². The second-order valence-corrected chi connectivity index (χ2v) is 6.90. The van der Waals surface area contributed by atoms with E-state index in [0.717, 1.165) is 46.8 Å². The molecule has 1 amide bonds. The van der Waals surface area contributed by atoms with Crippen LogP contribution >= 0.6 is 0 Å². The maximum absolute atomic E-state index is 11.1. The number of benzene rings is 1. The van der Waals surface area contributed by atoms with Crippen LogP contribution in [0.3, 0.4) is 0 Å². The van der Waals surface area contributed by atoms with E-state index < -0.39 is 0 Å². The van der Waals surface area contributed by atoms with Crippen LogP contribution in [0.5, 0.6) is 0 Å². The highest BCUT2D eigenvalue weighted by atomic mass is 16.1. The van der Waals surface area contributed by atoms with Crippen LogP contribution in [0.25, 0.3) is 11.0 Å². The van der Waals surface area contributed by atoms with E-state index in [0.29, 0.717) is 12.5 Å². The van der Waals surface area contributed by atoms with Gasteiger partial charge in [0.15, 0.2) is 0 Å². The van der Waals surface area contributed by atoms with Crippen LogP contribution in [-0.2, 0) is 11.3 Å². The molecular weight excluding hydrogens is 328 g/mol. The number of para-hydroxylation sites is 1. The molecule has 134 valence electrons. The van der Waals surface area contributed by atoms with Crippen molar-refractivity contribution in [3.05, 3.63) is 47.7 Å². The van der Waals surface area contributed by atoms with Crippen molar-refractivity contribution in [2.75, 3.05) is 5.32 Å². The van der Waals surface area contributed by atoms with Crippen molar-refractivity contribution in [3.63, 3.8) is 0 Å². The SMILES string of the molecule is CC(=O)NC1CC(c2cc(NCc3nc4c(C)cccc4[nH]3)ncn2)C1. The Bertz CT molecular complexity index is 944. The molecule has 3 aromatic rings. The standard InChI is InChI=1S/C19H22N6O/c1-11-4-3-5-15-19(11)25-18(24-15)9-20-17-8-16(21-10-22-17)13-6-14(7-13)23-12(2)26/h3-5,8,10,13-14H,6-7,9H2,1-2H3,(H,23,26)(H,24,25)(H,20,21,22). The summed E-state index contributed by atoms with van der Waals surface area (Å²) in [6.07, 6.45) is 3.45. The summed E-state index contributed by atoms with van der Waals surface area (Å²) in [4.78, 5) is 27.8. The van der Waals surface area contributed by atoms with Gasteiger partial charge in [-0.3, -0.25) is 4.79 Å². The van der Waals surface area contributed by atoms with Crippen LogP contribution in [0.2, 0.25) is 0 Å². The molecule has 0 bridgehead atoms. The van der Waals surface area contributed by atoms with E-state index in [-0.39, 0.29) is 11.9 Å². The first kappa shape index (κ1) is 16.5. The summed E-state index contributed by atoms with van der Waals surface area (Å²) in [6, 6.07) is 8.37. The molecule has 3 N–H and O–H groups in total. The van der Waals surface area contributed by atoms with Gasteiger partial charge in [0.1, 0.15) is 18.0 Å². The van der Waals surface area contributed by atoms with Crippen molar-refractivity contribution in [3.8, 4) is 0 Å². The molecule has 0 atom stereocenters. The molecule has 2 aromatic heterocycles. The normalized spacial score (nSPS) is 19.2. The van der Waals surface area contributed by atoms with Gasteiger partial charge < -0.3 is 15.6 Å². The van der Waals surface area contributed by atoms with Gasteiger partial charge in [-0.05, 0) is 31.4 Å². The van der Waals surface area contributed by atoms with E-state index in [1.165, 1.54) is 0 Å². The molecular formula is C19H22N6O. The number of aryl methyl sites for hydroxylation is 1. The number of hydrogen-bond donors (Lipinski definition) is 3. The lowest BCUT2D eigenvalue weighted by molar-refractivity contribution is -0.120. The molecule has 0 radical (unpaired) electrons. The van der Waals surface area contributed by atoms with Crippen molar-refractivity contribution in [1.29, 1.82) is 0 Å². The summed E-state index contributed by atoms with van der Waals surface area (Å²) in [5.41, 5.74) is 4.23. The minimum Gasteiger partial charge on any atom is -0.363 e. The number of fused-ring (bicyclic) bond motifs is 1. The number of imidazole rings is 1. The largest absolute Gasteiger partial charge is 0.363 e. The molecule has 0 spiro atoms. The molecule has 1 aromatic carbocycles. The zero-order valence-electron chi connectivity index (χ0n) is 14.9. The smallest absolute Gasteiger partial charge is 0.217 e. The number of aromatic amines is 1. The third-order valence-corrected chi connectivity index (χ3v) is 4.85. The Balaban J connectivity index is 1.39. The third-order valence-electron chi connectivity index (χ3n) is 4.85. The van der Waals surface area contributed by atoms with Gasteiger partial charge in [-0.25, -0.2) is 15.0 Å². The lowest BCUT2D eigenvalue weighted by Crippen LogP contribution is -2.42. The molecule has 7 heteroatoms. The third kappa shape index (κ3) is 3.37. The molecule has 4 rings (SSSR count). The summed E-state index contributed by atoms with van der Waals surface area (Å²) in [6.45, 7) is 4.19. The number of nitrogens with zero attached hydrogens (tertiary/aromatic N) is 3. The second-order valence-electron chi connectivity index (χ2n) is 6.90. The maximum atomic E-state index is 11.1. The second kappa shape index (κ2) is 6.74. The summed E-state index contributed by atoms with van der Waals surface area (Å²) >= 11 is 0. The molecule has 1 saturated carbocycles. The van der Waals surface area contributed by atoms with E-state index in [2.05, 4.69) is 43.6 Å². The Morgan fingerprint density at radius 2 is 2.15 bits per heavy atom. The summed E-state index contributed by atoms with van der Waals surface area (Å²) in [5, 5.41) is 6.26. The minimum atomic E-state index is 0.0274. The average Bonchev–Trinajstić information content (AvgIpc) is 3.01. The molecule has 26 heavy (non-hydrogen) atoms. The molecule has 1 aliphatic carbocycles. The van der Waals surface area contributed by atoms with Crippen molar-refractivity contribution in [2.45, 2.75) is 45.2 Å². The van der Waals surface area contributed by atoms with Gasteiger partial charge in [-0.1, -0.05) is 12.1 Å². The first-order valence-electron chi connectivity index (χ1n) is 8.85. The van der Waals surface area contributed by atoms with E-state index in [4.69, 9.17) is 0 Å². The van der Waals surface area contributed by atoms with Crippen molar-refractivity contribution >= 4 is 22.8 Å². The molecule has 0 saturated heterocycles. The predicted molar refractivity (Wildman–Crippen MR) is 99.8 cm³/mol. The number of rotatable bonds is 5. The van der Waals surface area contributed by atoms with E-state index in [9.17, 15) is 4.79 Å². The van der Waals surface area contributed by atoms with Gasteiger partial charge in [0.2, 0.25) is 5.91 Å². The van der Waals surface area contributed by atoms with Gasteiger partial charge in [0.05, 0.1) is 17.6 Å². The van der Waals surface area contributed by atoms with E-state index >= 15 is 0 Å². The van der Waals surface area contributed by atoms with Crippen LogP contribution < -0.4 is 10.6 Å². The highest BCUT2D eigenvalue weighted by molar-refractivity contribution is 5.78. The lowest BCUT2D eigenvalue weighted by Gasteiger charge is -2.35. The predicted octanol–water partition coefficient (Wildman–Crippen LogP) is 2.66. The number of H-pyrrole nitrogens is 1. The fourth-order valence-electron chi connectivity index (χ4n) is 3.44. The molecule has 2 heterocycles.